The Hall–Kier alpha value is -1.89. The van der Waals surface area contributed by atoms with Crippen LogP contribution in [-0.2, 0) is 14.8 Å². The maximum atomic E-state index is 13.2. The Balaban J connectivity index is 1.52. The Bertz CT molecular complexity index is 1010. The minimum atomic E-state index is -3.86. The van der Waals surface area contributed by atoms with Crippen LogP contribution < -0.4 is 14.8 Å². The summed E-state index contributed by atoms with van der Waals surface area (Å²) in [7, 11) is -3.86. The lowest BCUT2D eigenvalue weighted by molar-refractivity contribution is -0.119. The standard InChI is InChI=1S/C17H20N4O5S3/c1-2-27-17-20-19-16(28-17)18-15(22)12-4-3-7-21(12)29(23,24)11-5-6-13-14(10-11)26-9-8-25-13/h5-6,10,12H,2-4,7-9H2,1H3,(H,18,19,22)/t12-/m0/s1. The fourth-order valence-electron chi connectivity index (χ4n) is 3.24. The number of carbonyl (C=O) groups is 1. The van der Waals surface area contributed by atoms with Crippen LogP contribution in [-0.4, -0.2) is 60.4 Å². The highest BCUT2D eigenvalue weighted by atomic mass is 32.2. The Morgan fingerprint density at radius 2 is 2.10 bits per heavy atom. The monoisotopic (exact) mass is 456 g/mol. The first-order valence-corrected chi connectivity index (χ1v) is 12.4. The minimum absolute atomic E-state index is 0.0824. The number of rotatable bonds is 6. The number of sulfonamides is 1. The van der Waals surface area contributed by atoms with Gasteiger partial charge in [-0.05, 0) is 30.7 Å². The molecule has 2 aliphatic heterocycles. The van der Waals surface area contributed by atoms with Crippen LogP contribution in [0.15, 0.2) is 27.4 Å². The molecule has 4 rings (SSSR count). The topological polar surface area (TPSA) is 111 Å². The fourth-order valence-corrected chi connectivity index (χ4v) is 6.56. The number of anilines is 1. The summed E-state index contributed by atoms with van der Waals surface area (Å²) in [6.07, 6.45) is 1.06. The largest absolute Gasteiger partial charge is 0.486 e. The third kappa shape index (κ3) is 4.20. The zero-order chi connectivity index (χ0) is 20.4. The van der Waals surface area contributed by atoms with Gasteiger partial charge >= 0.3 is 0 Å². The highest BCUT2D eigenvalue weighted by Gasteiger charge is 2.40. The molecule has 0 saturated carbocycles. The lowest BCUT2D eigenvalue weighted by Crippen LogP contribution is -2.43. The molecule has 156 valence electrons. The third-order valence-corrected chi connectivity index (χ3v) is 8.29. The van der Waals surface area contributed by atoms with Crippen molar-refractivity contribution in [2.24, 2.45) is 0 Å². The van der Waals surface area contributed by atoms with Crippen molar-refractivity contribution < 1.29 is 22.7 Å². The number of aromatic nitrogens is 2. The zero-order valence-corrected chi connectivity index (χ0v) is 18.1. The summed E-state index contributed by atoms with van der Waals surface area (Å²) in [6.45, 7) is 3.08. The van der Waals surface area contributed by atoms with Crippen molar-refractivity contribution in [3.63, 3.8) is 0 Å². The van der Waals surface area contributed by atoms with Crippen molar-refractivity contribution in [2.45, 2.75) is 35.0 Å². The molecular weight excluding hydrogens is 436 g/mol. The van der Waals surface area contributed by atoms with E-state index in [1.165, 1.54) is 39.5 Å². The molecule has 12 heteroatoms. The Kier molecular flexibility index (Phi) is 5.95. The van der Waals surface area contributed by atoms with Gasteiger partial charge in [-0.25, -0.2) is 8.42 Å². The number of fused-ring (bicyclic) bond motifs is 1. The van der Waals surface area contributed by atoms with Crippen molar-refractivity contribution >= 4 is 44.2 Å². The quantitative estimate of drug-likeness (QED) is 0.520. The Labute approximate surface area is 176 Å². The summed E-state index contributed by atoms with van der Waals surface area (Å²) >= 11 is 2.81. The molecule has 0 unspecified atom stereocenters. The van der Waals surface area contributed by atoms with Gasteiger partial charge in [-0.3, -0.25) is 10.1 Å². The second-order valence-corrected chi connectivity index (χ2v) is 10.8. The molecule has 2 aliphatic rings. The highest BCUT2D eigenvalue weighted by Crippen LogP contribution is 2.35. The van der Waals surface area contributed by atoms with Gasteiger partial charge in [0.05, 0.1) is 4.90 Å². The minimum Gasteiger partial charge on any atom is -0.486 e. The van der Waals surface area contributed by atoms with E-state index in [-0.39, 0.29) is 11.4 Å². The molecule has 9 nitrogen and oxygen atoms in total. The van der Waals surface area contributed by atoms with E-state index in [4.69, 9.17) is 9.47 Å². The van der Waals surface area contributed by atoms with Gasteiger partial charge < -0.3 is 9.47 Å². The molecule has 1 fully saturated rings. The predicted octanol–water partition coefficient (Wildman–Crippen LogP) is 2.21. The number of nitrogens with zero attached hydrogens (tertiary/aromatic N) is 3. The normalized spacial score (nSPS) is 19.3. The van der Waals surface area contributed by atoms with Crippen molar-refractivity contribution in [2.75, 3.05) is 30.8 Å². The van der Waals surface area contributed by atoms with E-state index in [9.17, 15) is 13.2 Å². The molecule has 3 heterocycles. The maximum Gasteiger partial charge on any atom is 0.244 e. The van der Waals surface area contributed by atoms with Crippen LogP contribution in [0.25, 0.3) is 0 Å². The number of hydrogen-bond acceptors (Lipinski definition) is 9. The second kappa shape index (κ2) is 8.46. The first-order valence-electron chi connectivity index (χ1n) is 9.17. The molecule has 1 amide bonds. The van der Waals surface area contributed by atoms with Crippen LogP contribution in [0.5, 0.6) is 11.5 Å². The van der Waals surface area contributed by atoms with Gasteiger partial charge in [0.25, 0.3) is 0 Å². The predicted molar refractivity (Wildman–Crippen MR) is 109 cm³/mol. The first kappa shape index (κ1) is 20.4. The number of amides is 1. The van der Waals surface area contributed by atoms with Crippen LogP contribution in [0.1, 0.15) is 19.8 Å². The van der Waals surface area contributed by atoms with Gasteiger partial charge in [0, 0.05) is 12.6 Å². The molecule has 1 saturated heterocycles. The van der Waals surface area contributed by atoms with E-state index in [2.05, 4.69) is 15.5 Å². The highest BCUT2D eigenvalue weighted by molar-refractivity contribution is 8.01. The lowest BCUT2D eigenvalue weighted by atomic mass is 10.2. The second-order valence-electron chi connectivity index (χ2n) is 6.37. The van der Waals surface area contributed by atoms with Gasteiger partial charge in [-0.1, -0.05) is 30.0 Å². The smallest absolute Gasteiger partial charge is 0.244 e. The van der Waals surface area contributed by atoms with E-state index in [0.29, 0.717) is 42.7 Å². The average molecular weight is 457 g/mol. The van der Waals surface area contributed by atoms with Gasteiger partial charge in [0.2, 0.25) is 21.1 Å². The van der Waals surface area contributed by atoms with Crippen molar-refractivity contribution in [3.05, 3.63) is 18.2 Å². The number of carbonyl (C=O) groups excluding carboxylic acids is 1. The molecule has 0 spiro atoms. The van der Waals surface area contributed by atoms with E-state index < -0.39 is 22.0 Å². The number of thioether (sulfide) groups is 1. The molecule has 0 radical (unpaired) electrons. The van der Waals surface area contributed by atoms with E-state index in [1.807, 2.05) is 6.92 Å². The van der Waals surface area contributed by atoms with Crippen LogP contribution >= 0.6 is 23.1 Å². The van der Waals surface area contributed by atoms with Crippen LogP contribution in [0, 0.1) is 0 Å². The van der Waals surface area contributed by atoms with Crippen LogP contribution in [0.2, 0.25) is 0 Å². The molecule has 0 aliphatic carbocycles. The first-order chi connectivity index (χ1) is 14.0. The Morgan fingerprint density at radius 3 is 2.90 bits per heavy atom. The van der Waals surface area contributed by atoms with Gasteiger partial charge in [0.1, 0.15) is 19.3 Å². The van der Waals surface area contributed by atoms with E-state index in [1.54, 1.807) is 6.07 Å². The van der Waals surface area contributed by atoms with Crippen molar-refractivity contribution in [3.8, 4) is 11.5 Å². The summed E-state index contributed by atoms with van der Waals surface area (Å²) in [4.78, 5) is 12.9. The fraction of sp³-hybridized carbons (Fsp3) is 0.471. The zero-order valence-electron chi connectivity index (χ0n) is 15.7. The SMILES string of the molecule is CCSc1nnc(NC(=O)[C@@H]2CCCN2S(=O)(=O)c2ccc3c(c2)OCCO3)s1. The summed E-state index contributed by atoms with van der Waals surface area (Å²) < 4.78 is 39.3. The molecular formula is C17H20N4O5S3. The van der Waals surface area contributed by atoms with Gasteiger partial charge in [-0.2, -0.15) is 4.31 Å². The van der Waals surface area contributed by atoms with E-state index >= 15 is 0 Å². The average Bonchev–Trinajstić information content (AvgIpc) is 3.38. The molecule has 1 aromatic heterocycles. The molecule has 0 bridgehead atoms. The number of hydrogen-bond donors (Lipinski definition) is 1. The number of nitrogens with one attached hydrogen (secondary N) is 1. The molecule has 29 heavy (non-hydrogen) atoms. The van der Waals surface area contributed by atoms with Crippen molar-refractivity contribution in [1.82, 2.24) is 14.5 Å². The lowest BCUT2D eigenvalue weighted by Gasteiger charge is -2.24. The van der Waals surface area contributed by atoms with Crippen LogP contribution in [0.4, 0.5) is 5.13 Å². The molecule has 1 N–H and O–H groups in total. The summed E-state index contributed by atoms with van der Waals surface area (Å²) in [5, 5.41) is 11.0. The Morgan fingerprint density at radius 1 is 1.31 bits per heavy atom. The summed E-state index contributed by atoms with van der Waals surface area (Å²) in [5.74, 6) is 1.37. The molecule has 2 aromatic rings. The van der Waals surface area contributed by atoms with Gasteiger partial charge in [-0.15, -0.1) is 10.2 Å². The van der Waals surface area contributed by atoms with Crippen molar-refractivity contribution in [1.29, 1.82) is 0 Å². The number of ether oxygens (including phenoxy) is 2. The van der Waals surface area contributed by atoms with Crippen LogP contribution in [0.3, 0.4) is 0 Å². The summed E-state index contributed by atoms with van der Waals surface area (Å²) in [6, 6.07) is 3.73. The number of benzene rings is 1. The molecule has 1 aromatic carbocycles. The third-order valence-electron chi connectivity index (χ3n) is 4.53. The van der Waals surface area contributed by atoms with Gasteiger partial charge in [0.15, 0.2) is 15.8 Å². The molecule has 1 atom stereocenters. The summed E-state index contributed by atoms with van der Waals surface area (Å²) in [5.41, 5.74) is 0. The van der Waals surface area contributed by atoms with E-state index in [0.717, 1.165) is 10.1 Å². The maximum absolute atomic E-state index is 13.2.